The van der Waals surface area contributed by atoms with Crippen LogP contribution >= 0.6 is 12.1 Å². The molecule has 1 fully saturated rings. The molecule has 0 spiro atoms. The fourth-order valence-corrected chi connectivity index (χ4v) is 5.20. The van der Waals surface area contributed by atoms with Crippen LogP contribution in [0, 0.1) is 0 Å². The SMILES string of the molecule is CC1CCc2cc(OCCCCCCN3CCN(c4ccnc(N)c4)S3)ccc21. The number of anilines is 2. The molecule has 4 rings (SSSR count). The number of rotatable bonds is 9. The number of unbranched alkanes of at least 4 members (excludes halogenated alkanes) is 3. The van der Waals surface area contributed by atoms with E-state index in [1.54, 1.807) is 18.3 Å². The van der Waals surface area contributed by atoms with Crippen molar-refractivity contribution >= 4 is 23.6 Å². The van der Waals surface area contributed by atoms with Crippen molar-refractivity contribution in [2.75, 3.05) is 36.3 Å². The summed E-state index contributed by atoms with van der Waals surface area (Å²) < 4.78 is 10.7. The molecule has 0 saturated carbocycles. The summed E-state index contributed by atoms with van der Waals surface area (Å²) in [6.07, 6.45) is 9.10. The molecular weight excluding hydrogens is 380 g/mol. The summed E-state index contributed by atoms with van der Waals surface area (Å²) in [6, 6.07) is 10.6. The van der Waals surface area contributed by atoms with Crippen molar-refractivity contribution in [3.05, 3.63) is 47.7 Å². The summed E-state index contributed by atoms with van der Waals surface area (Å²) >= 11 is 1.81. The molecule has 0 bridgehead atoms. The summed E-state index contributed by atoms with van der Waals surface area (Å²) in [5.41, 5.74) is 9.94. The first-order valence-corrected chi connectivity index (χ1v) is 11.6. The molecule has 2 aromatic rings. The summed E-state index contributed by atoms with van der Waals surface area (Å²) in [5.74, 6) is 2.34. The summed E-state index contributed by atoms with van der Waals surface area (Å²) in [7, 11) is 0. The van der Waals surface area contributed by atoms with Crippen molar-refractivity contribution in [2.45, 2.75) is 51.4 Å². The third-order valence-electron chi connectivity index (χ3n) is 5.88. The number of benzene rings is 1. The van der Waals surface area contributed by atoms with Gasteiger partial charge in [0.05, 0.1) is 12.3 Å². The second-order valence-electron chi connectivity index (χ2n) is 8.11. The Kier molecular flexibility index (Phi) is 6.82. The van der Waals surface area contributed by atoms with E-state index in [1.165, 1.54) is 43.2 Å². The van der Waals surface area contributed by atoms with E-state index in [2.05, 4.69) is 38.7 Å². The van der Waals surface area contributed by atoms with E-state index in [1.807, 2.05) is 12.1 Å². The topological polar surface area (TPSA) is 54.6 Å². The molecule has 0 amide bonds. The Labute approximate surface area is 178 Å². The molecule has 156 valence electrons. The number of fused-ring (bicyclic) bond motifs is 1. The number of aromatic nitrogens is 1. The number of nitrogens with two attached hydrogens (primary N) is 1. The van der Waals surface area contributed by atoms with Gasteiger partial charge in [-0.05, 0) is 60.9 Å². The maximum Gasteiger partial charge on any atom is 0.125 e. The summed E-state index contributed by atoms with van der Waals surface area (Å²) in [5, 5.41) is 0. The van der Waals surface area contributed by atoms with Crippen LogP contribution in [0.3, 0.4) is 0 Å². The van der Waals surface area contributed by atoms with E-state index in [-0.39, 0.29) is 0 Å². The average Bonchev–Trinajstić information content (AvgIpc) is 3.34. The van der Waals surface area contributed by atoms with Gasteiger partial charge in [-0.15, -0.1) is 0 Å². The molecule has 1 aromatic carbocycles. The Balaban J connectivity index is 1.08. The van der Waals surface area contributed by atoms with Crippen LogP contribution in [0.2, 0.25) is 0 Å². The molecule has 2 heterocycles. The Morgan fingerprint density at radius 3 is 2.93 bits per heavy atom. The predicted octanol–water partition coefficient (Wildman–Crippen LogP) is 5.04. The third-order valence-corrected chi connectivity index (χ3v) is 7.07. The highest BCUT2D eigenvalue weighted by atomic mass is 32.2. The van der Waals surface area contributed by atoms with E-state index in [0.717, 1.165) is 44.1 Å². The van der Waals surface area contributed by atoms with Gasteiger partial charge in [-0.2, -0.15) is 0 Å². The number of nitrogen functional groups attached to an aromatic ring is 1. The number of nitrogens with zero attached hydrogens (tertiary/aromatic N) is 3. The van der Waals surface area contributed by atoms with E-state index >= 15 is 0 Å². The number of hydrogen-bond acceptors (Lipinski definition) is 6. The second kappa shape index (κ2) is 9.72. The number of ether oxygens (including phenoxy) is 1. The monoisotopic (exact) mass is 412 g/mol. The maximum atomic E-state index is 5.98. The Hall–Kier alpha value is -1.92. The Bertz CT molecular complexity index is 815. The zero-order valence-electron chi connectivity index (χ0n) is 17.3. The third kappa shape index (κ3) is 5.37. The van der Waals surface area contributed by atoms with Crippen molar-refractivity contribution < 1.29 is 4.74 Å². The molecule has 1 aliphatic carbocycles. The molecule has 5 nitrogen and oxygen atoms in total. The van der Waals surface area contributed by atoms with E-state index in [4.69, 9.17) is 10.5 Å². The molecule has 29 heavy (non-hydrogen) atoms. The Morgan fingerprint density at radius 2 is 2.03 bits per heavy atom. The molecule has 0 radical (unpaired) electrons. The quantitative estimate of drug-likeness (QED) is 0.460. The number of hydrogen-bond donors (Lipinski definition) is 1. The lowest BCUT2D eigenvalue weighted by molar-refractivity contribution is 0.303. The summed E-state index contributed by atoms with van der Waals surface area (Å²) in [4.78, 5) is 4.07. The lowest BCUT2D eigenvalue weighted by Crippen LogP contribution is -2.13. The molecule has 1 saturated heterocycles. The van der Waals surface area contributed by atoms with Crippen LogP contribution in [-0.2, 0) is 6.42 Å². The molecule has 1 unspecified atom stereocenters. The molecule has 1 atom stereocenters. The zero-order chi connectivity index (χ0) is 20.1. The van der Waals surface area contributed by atoms with E-state index in [0.29, 0.717) is 11.7 Å². The van der Waals surface area contributed by atoms with E-state index < -0.39 is 0 Å². The van der Waals surface area contributed by atoms with Gasteiger partial charge in [0.15, 0.2) is 0 Å². The average molecular weight is 413 g/mol. The van der Waals surface area contributed by atoms with Crippen molar-refractivity contribution in [1.29, 1.82) is 0 Å². The fourth-order valence-electron chi connectivity index (χ4n) is 4.17. The largest absolute Gasteiger partial charge is 0.494 e. The molecule has 2 N–H and O–H groups in total. The van der Waals surface area contributed by atoms with Crippen molar-refractivity contribution in [2.24, 2.45) is 0 Å². The standard InChI is InChI=1S/C23H32N4OS/c1-18-6-7-19-16-21(8-9-22(18)19)28-15-5-3-2-4-12-26-13-14-27(29-26)20-10-11-25-23(24)17-20/h8-11,16-18H,2-7,12-15H2,1H3,(H2,24,25). The molecule has 2 aliphatic rings. The first kappa shape index (κ1) is 20.4. The van der Waals surface area contributed by atoms with Gasteiger partial charge in [-0.3, -0.25) is 0 Å². The minimum absolute atomic E-state index is 0.582. The van der Waals surface area contributed by atoms with Crippen LogP contribution in [-0.4, -0.2) is 35.5 Å². The molecule has 1 aliphatic heterocycles. The van der Waals surface area contributed by atoms with Gasteiger partial charge in [-0.25, -0.2) is 9.29 Å². The van der Waals surface area contributed by atoms with Gasteiger partial charge in [0, 0.05) is 44.0 Å². The highest BCUT2D eigenvalue weighted by molar-refractivity contribution is 7.98. The number of pyridine rings is 1. The highest BCUT2D eigenvalue weighted by Gasteiger charge is 2.21. The van der Waals surface area contributed by atoms with Gasteiger partial charge < -0.3 is 14.8 Å². The normalized spacial score (nSPS) is 18.9. The lowest BCUT2D eigenvalue weighted by Gasteiger charge is -2.18. The summed E-state index contributed by atoms with van der Waals surface area (Å²) in [6.45, 7) is 6.39. The highest BCUT2D eigenvalue weighted by Crippen LogP contribution is 2.34. The van der Waals surface area contributed by atoms with Crippen LogP contribution in [0.25, 0.3) is 0 Å². The van der Waals surface area contributed by atoms with Gasteiger partial charge in [-0.1, -0.05) is 25.8 Å². The minimum atomic E-state index is 0.582. The molecule has 1 aromatic heterocycles. The number of aryl methyl sites for hydroxylation is 1. The van der Waals surface area contributed by atoms with Crippen molar-refractivity contribution in [3.63, 3.8) is 0 Å². The lowest BCUT2D eigenvalue weighted by atomic mass is 10.0. The minimum Gasteiger partial charge on any atom is -0.494 e. The first-order chi connectivity index (χ1) is 14.2. The molecular formula is C23H32N4OS. The van der Waals surface area contributed by atoms with Crippen LogP contribution < -0.4 is 14.8 Å². The van der Waals surface area contributed by atoms with E-state index in [9.17, 15) is 0 Å². The van der Waals surface area contributed by atoms with Gasteiger partial charge >= 0.3 is 0 Å². The van der Waals surface area contributed by atoms with Crippen molar-refractivity contribution in [3.8, 4) is 5.75 Å². The van der Waals surface area contributed by atoms with Gasteiger partial charge in [0.25, 0.3) is 0 Å². The van der Waals surface area contributed by atoms with Crippen molar-refractivity contribution in [1.82, 2.24) is 9.29 Å². The molecule has 6 heteroatoms. The van der Waals surface area contributed by atoms with Crippen LogP contribution in [0.15, 0.2) is 36.5 Å². The first-order valence-electron chi connectivity index (χ1n) is 10.9. The maximum absolute atomic E-state index is 5.98. The fraction of sp³-hybridized carbons (Fsp3) is 0.522. The predicted molar refractivity (Wildman–Crippen MR) is 122 cm³/mol. The van der Waals surface area contributed by atoms with Crippen LogP contribution in [0.1, 0.15) is 56.1 Å². The van der Waals surface area contributed by atoms with Gasteiger partial charge in [0.1, 0.15) is 11.6 Å². The Morgan fingerprint density at radius 1 is 1.14 bits per heavy atom. The smallest absolute Gasteiger partial charge is 0.125 e. The van der Waals surface area contributed by atoms with Crippen LogP contribution in [0.5, 0.6) is 5.75 Å². The van der Waals surface area contributed by atoms with Crippen LogP contribution in [0.4, 0.5) is 11.5 Å². The second-order valence-corrected chi connectivity index (χ2v) is 9.24. The van der Waals surface area contributed by atoms with Gasteiger partial charge in [0.2, 0.25) is 0 Å². The zero-order valence-corrected chi connectivity index (χ0v) is 18.2.